The molecule has 0 radical (unpaired) electrons. The number of hydrogen-bond donors (Lipinski definition) is 1. The average molecular weight is 532 g/mol. The number of carbonyl (C=O) groups excluding carboxylic acids is 2. The Morgan fingerprint density at radius 2 is 1.68 bits per heavy atom. The normalized spacial score (nSPS) is 20.8. The van der Waals surface area contributed by atoms with E-state index >= 15 is 0 Å². The summed E-state index contributed by atoms with van der Waals surface area (Å²) in [5, 5.41) is 0. The first-order chi connectivity index (χ1) is 17.5. The fourth-order valence-corrected chi connectivity index (χ4v) is 4.21. The van der Waals surface area contributed by atoms with Crippen molar-refractivity contribution in [2.75, 3.05) is 6.61 Å². The molecule has 11 nitrogen and oxygen atoms in total. The van der Waals surface area contributed by atoms with E-state index in [-0.39, 0.29) is 23.1 Å². The van der Waals surface area contributed by atoms with E-state index < -0.39 is 56.1 Å². The van der Waals surface area contributed by atoms with Crippen LogP contribution in [0, 0.1) is 6.92 Å². The van der Waals surface area contributed by atoms with Crippen LogP contribution < -0.4 is 11.2 Å². The van der Waals surface area contributed by atoms with Gasteiger partial charge in [0, 0.05) is 23.7 Å². The molecule has 0 aliphatic carbocycles. The highest BCUT2D eigenvalue weighted by Gasteiger charge is 2.41. The first-order valence-corrected chi connectivity index (χ1v) is 12.5. The number of carbonyl (C=O) groups is 2. The quantitative estimate of drug-likeness (QED) is 0.359. The number of hydrogen-bond acceptors (Lipinski definition) is 8. The predicted octanol–water partition coefficient (Wildman–Crippen LogP) is 2.61. The Hall–Kier alpha value is -3.70. The van der Waals surface area contributed by atoms with E-state index in [9.17, 15) is 27.9 Å². The molecule has 1 aliphatic rings. The lowest BCUT2D eigenvalue weighted by Gasteiger charge is -2.19. The molecule has 1 aromatic heterocycles. The smallest absolute Gasteiger partial charge is 0.456 e. The Balaban J connectivity index is 1.67. The summed E-state index contributed by atoms with van der Waals surface area (Å²) < 4.78 is 41.2. The highest BCUT2D eigenvalue weighted by atomic mass is 31.2. The first kappa shape index (κ1) is 26.4. The molecule has 2 heterocycles. The summed E-state index contributed by atoms with van der Waals surface area (Å²) in [7, 11) is -5.39. The van der Waals surface area contributed by atoms with Gasteiger partial charge in [0.1, 0.15) is 18.4 Å². The monoisotopic (exact) mass is 532 g/mol. The van der Waals surface area contributed by atoms with Crippen molar-refractivity contribution in [3.63, 3.8) is 0 Å². The molecule has 2 aromatic carbocycles. The van der Waals surface area contributed by atoms with E-state index in [1.165, 1.54) is 37.4 Å². The number of nitrogens with zero attached hydrogens (tertiary/aromatic N) is 2. The standard InChI is InChI=1S/C24H22FN2O9P/c1-15-13-26(24(31)27(21(15)28)22(29)16-8-4-2-5-9-16)20-12-18(19(35-20)14-34-37(25,32)33)36-23(30)17-10-6-3-7-11-17/h2-11,13,18-20H,12,14H2,1H3,(H,32,33)/t18-,19+,20+/m0/s1. The van der Waals surface area contributed by atoms with Crippen molar-refractivity contribution >= 4 is 19.8 Å². The fraction of sp³-hybridized carbons (Fsp3) is 0.250. The number of esters is 1. The van der Waals surface area contributed by atoms with Gasteiger partial charge in [0.15, 0.2) is 0 Å². The van der Waals surface area contributed by atoms with Crippen LogP contribution >= 0.6 is 7.91 Å². The van der Waals surface area contributed by atoms with E-state index in [0.717, 1.165) is 4.57 Å². The van der Waals surface area contributed by atoms with Crippen molar-refractivity contribution in [3.05, 3.63) is 104 Å². The predicted molar refractivity (Wildman–Crippen MR) is 127 cm³/mol. The van der Waals surface area contributed by atoms with Crippen LogP contribution in [0.2, 0.25) is 0 Å². The van der Waals surface area contributed by atoms with Crippen LogP contribution in [-0.4, -0.2) is 44.7 Å². The van der Waals surface area contributed by atoms with E-state index in [1.54, 1.807) is 36.4 Å². The third-order valence-corrected chi connectivity index (χ3v) is 6.13. The topological polar surface area (TPSA) is 143 Å². The van der Waals surface area contributed by atoms with Gasteiger partial charge in [-0.2, -0.15) is 4.57 Å². The van der Waals surface area contributed by atoms with E-state index in [4.69, 9.17) is 14.4 Å². The average Bonchev–Trinajstić information content (AvgIpc) is 3.27. The summed E-state index contributed by atoms with van der Waals surface area (Å²) in [6.45, 7) is 0.629. The van der Waals surface area contributed by atoms with Gasteiger partial charge in [-0.15, -0.1) is 4.20 Å². The molecule has 3 aromatic rings. The van der Waals surface area contributed by atoms with Gasteiger partial charge in [-0.1, -0.05) is 36.4 Å². The highest BCUT2D eigenvalue weighted by Crippen LogP contribution is 2.44. The number of aromatic nitrogens is 2. The lowest BCUT2D eigenvalue weighted by molar-refractivity contribution is -0.0504. The van der Waals surface area contributed by atoms with E-state index in [1.807, 2.05) is 0 Å². The Morgan fingerprint density at radius 3 is 2.27 bits per heavy atom. The van der Waals surface area contributed by atoms with Gasteiger partial charge in [-0.05, 0) is 31.2 Å². The minimum Gasteiger partial charge on any atom is -0.456 e. The van der Waals surface area contributed by atoms with Crippen molar-refractivity contribution < 1.29 is 37.2 Å². The zero-order valence-electron chi connectivity index (χ0n) is 19.4. The van der Waals surface area contributed by atoms with Crippen LogP contribution in [0.15, 0.2) is 76.4 Å². The van der Waals surface area contributed by atoms with Gasteiger partial charge >= 0.3 is 19.6 Å². The minimum absolute atomic E-state index is 0.0497. The van der Waals surface area contributed by atoms with Crippen molar-refractivity contribution in [2.45, 2.75) is 31.8 Å². The van der Waals surface area contributed by atoms with Gasteiger partial charge in [0.2, 0.25) is 0 Å². The van der Waals surface area contributed by atoms with Crippen LogP contribution in [0.4, 0.5) is 4.20 Å². The third-order valence-electron chi connectivity index (χ3n) is 5.67. The number of ether oxygens (including phenoxy) is 2. The molecular formula is C24H22FN2O9P. The summed E-state index contributed by atoms with van der Waals surface area (Å²) in [4.78, 5) is 60.4. The molecule has 194 valence electrons. The van der Waals surface area contributed by atoms with E-state index in [2.05, 4.69) is 4.52 Å². The maximum absolute atomic E-state index is 13.3. The molecule has 1 unspecified atom stereocenters. The Bertz CT molecular complexity index is 1470. The molecule has 0 bridgehead atoms. The maximum Gasteiger partial charge on any atom is 0.510 e. The molecule has 1 fully saturated rings. The van der Waals surface area contributed by atoms with Crippen LogP contribution in [0.3, 0.4) is 0 Å². The number of aryl methyl sites for hydroxylation is 1. The third kappa shape index (κ3) is 6.00. The Kier molecular flexibility index (Phi) is 7.65. The molecule has 1 saturated heterocycles. The number of halogens is 1. The SMILES string of the molecule is Cc1cn([C@H]2C[C@H](OC(=O)c3ccccc3)[C@@H](COP(=O)(O)F)O2)c(=O)n(C(=O)c2ccccc2)c1=O. The second-order valence-electron chi connectivity index (χ2n) is 8.24. The maximum atomic E-state index is 13.3. The van der Waals surface area contributed by atoms with Gasteiger partial charge < -0.3 is 9.47 Å². The summed E-state index contributed by atoms with van der Waals surface area (Å²) >= 11 is 0. The fourth-order valence-electron chi connectivity index (χ4n) is 3.88. The van der Waals surface area contributed by atoms with Crippen molar-refractivity contribution in [3.8, 4) is 0 Å². The lowest BCUT2D eigenvalue weighted by atomic mass is 10.1. The zero-order valence-corrected chi connectivity index (χ0v) is 20.3. The Labute approximate surface area is 209 Å². The second kappa shape index (κ2) is 10.7. The molecule has 4 atom stereocenters. The summed E-state index contributed by atoms with van der Waals surface area (Å²) in [6.07, 6.45) is -2.52. The van der Waals surface area contributed by atoms with Crippen LogP contribution in [0.25, 0.3) is 0 Å². The van der Waals surface area contributed by atoms with Gasteiger partial charge in [0.25, 0.3) is 11.5 Å². The van der Waals surface area contributed by atoms with Crippen molar-refractivity contribution in [2.24, 2.45) is 0 Å². The minimum atomic E-state index is -5.39. The van der Waals surface area contributed by atoms with Crippen LogP contribution in [-0.2, 0) is 18.6 Å². The number of benzene rings is 2. The number of rotatable bonds is 7. The van der Waals surface area contributed by atoms with Gasteiger partial charge in [-0.3, -0.25) is 23.6 Å². The molecule has 4 rings (SSSR count). The molecule has 0 spiro atoms. The van der Waals surface area contributed by atoms with Crippen molar-refractivity contribution in [1.82, 2.24) is 9.13 Å². The molecule has 1 aliphatic heterocycles. The first-order valence-electron chi connectivity index (χ1n) is 11.1. The summed E-state index contributed by atoms with van der Waals surface area (Å²) in [6, 6.07) is 15.7. The lowest BCUT2D eigenvalue weighted by Crippen LogP contribution is -2.45. The van der Waals surface area contributed by atoms with Gasteiger partial charge in [0.05, 0.1) is 12.2 Å². The summed E-state index contributed by atoms with van der Waals surface area (Å²) in [5.74, 6) is -1.60. The van der Waals surface area contributed by atoms with Crippen molar-refractivity contribution in [1.29, 1.82) is 0 Å². The highest BCUT2D eigenvalue weighted by molar-refractivity contribution is 7.46. The molecular weight excluding hydrogens is 510 g/mol. The molecule has 13 heteroatoms. The second-order valence-corrected chi connectivity index (χ2v) is 9.40. The van der Waals surface area contributed by atoms with Crippen LogP contribution in [0.1, 0.15) is 38.9 Å². The molecule has 0 amide bonds. The van der Waals surface area contributed by atoms with Crippen LogP contribution in [0.5, 0.6) is 0 Å². The van der Waals surface area contributed by atoms with Gasteiger partial charge in [-0.25, -0.2) is 14.2 Å². The molecule has 0 saturated carbocycles. The van der Waals surface area contributed by atoms with E-state index in [0.29, 0.717) is 4.57 Å². The largest absolute Gasteiger partial charge is 0.510 e. The Morgan fingerprint density at radius 1 is 1.08 bits per heavy atom. The summed E-state index contributed by atoms with van der Waals surface area (Å²) in [5.41, 5.74) is -1.47. The zero-order chi connectivity index (χ0) is 26.7. The molecule has 1 N–H and O–H groups in total. The molecule has 37 heavy (non-hydrogen) atoms.